The fraction of sp³-hybridized carbons (Fsp3) is 0.385. The van der Waals surface area contributed by atoms with Crippen molar-refractivity contribution in [2.24, 2.45) is 0 Å². The van der Waals surface area contributed by atoms with Gasteiger partial charge < -0.3 is 4.74 Å². The second-order valence-corrected chi connectivity index (χ2v) is 5.22. The highest BCUT2D eigenvalue weighted by atomic mass is 32.2. The highest BCUT2D eigenvalue weighted by molar-refractivity contribution is 7.73. The van der Waals surface area contributed by atoms with Crippen molar-refractivity contribution in [3.8, 4) is 0 Å². The molecule has 1 saturated heterocycles. The number of carbonyl (C=O) groups excluding carboxylic acids is 1. The summed E-state index contributed by atoms with van der Waals surface area (Å²) in [5, 5.41) is 2.73. The molecule has 0 spiro atoms. The second-order valence-electron chi connectivity index (χ2n) is 4.23. The Balaban J connectivity index is 0.000000224. The van der Waals surface area contributed by atoms with E-state index in [9.17, 15) is 26.4 Å². The van der Waals surface area contributed by atoms with Crippen molar-refractivity contribution in [1.82, 2.24) is 5.32 Å². The van der Waals surface area contributed by atoms with Gasteiger partial charge in [0.25, 0.3) is 0 Å². The molecule has 0 saturated carbocycles. The van der Waals surface area contributed by atoms with Crippen LogP contribution in [0.5, 0.6) is 0 Å². The first-order valence-corrected chi connectivity index (χ1v) is 7.23. The highest BCUT2D eigenvalue weighted by Crippen LogP contribution is 2.28. The third-order valence-corrected chi connectivity index (χ3v) is 3.66. The van der Waals surface area contributed by atoms with Crippen LogP contribution >= 0.6 is 0 Å². The largest absolute Gasteiger partial charge is 0.468 e. The molecule has 0 aromatic heterocycles. The Hall–Kier alpha value is -1.87. The Bertz CT molecular complexity index is 633. The number of rotatable bonds is 1. The van der Waals surface area contributed by atoms with Crippen LogP contribution in [0.15, 0.2) is 30.3 Å². The molecule has 1 N–H and O–H groups in total. The third kappa shape index (κ3) is 5.15. The van der Waals surface area contributed by atoms with Crippen LogP contribution < -0.4 is 5.32 Å². The summed E-state index contributed by atoms with van der Waals surface area (Å²) in [7, 11) is -1.06. The van der Waals surface area contributed by atoms with E-state index in [1.54, 1.807) is 6.07 Å². The summed E-state index contributed by atoms with van der Waals surface area (Å²) >= 11 is 0. The molecule has 1 unspecified atom stereocenters. The first-order valence-electron chi connectivity index (χ1n) is 6.15. The molecule has 2 rings (SSSR count). The number of nitrogens with one attached hydrogen (secondary N) is 1. The van der Waals surface area contributed by atoms with Crippen molar-refractivity contribution in [3.63, 3.8) is 0 Å². The topological polar surface area (TPSA) is 72.5 Å². The SMILES string of the molecule is COC(=O)C1NCCC1=S(=O)=O.FC(F)(F)c1ccccc1. The van der Waals surface area contributed by atoms with Crippen LogP contribution in [0.3, 0.4) is 0 Å². The average molecular weight is 337 g/mol. The maximum atomic E-state index is 11.8. The van der Waals surface area contributed by atoms with Crippen LogP contribution in [-0.4, -0.2) is 38.9 Å². The van der Waals surface area contributed by atoms with Gasteiger partial charge in [0.05, 0.1) is 17.5 Å². The van der Waals surface area contributed by atoms with Gasteiger partial charge in [-0.05, 0) is 6.42 Å². The Morgan fingerprint density at radius 2 is 1.86 bits per heavy atom. The third-order valence-electron chi connectivity index (χ3n) is 2.79. The van der Waals surface area contributed by atoms with Gasteiger partial charge in [-0.3, -0.25) is 5.32 Å². The Morgan fingerprint density at radius 1 is 1.27 bits per heavy atom. The van der Waals surface area contributed by atoms with E-state index in [1.807, 2.05) is 0 Å². The molecular formula is C13H14F3NO4S. The van der Waals surface area contributed by atoms with Crippen LogP contribution in [0.4, 0.5) is 13.2 Å². The summed E-state index contributed by atoms with van der Waals surface area (Å²) in [6, 6.07) is 5.59. The standard InChI is InChI=1S/C7H5F3.C6H9NO4S/c8-7(9,10)6-4-2-1-3-5-6;1-11-6(8)5-4(12(9)10)2-3-7-5/h1-5H;5,7H,2-3H2,1H3. The number of benzene rings is 1. The van der Waals surface area contributed by atoms with Gasteiger partial charge in [-0.25, -0.2) is 4.79 Å². The molecule has 1 fully saturated rings. The molecule has 1 heterocycles. The molecular weight excluding hydrogens is 323 g/mol. The summed E-state index contributed by atoms with van der Waals surface area (Å²) in [4.78, 5) is 11.1. The number of halogens is 3. The summed E-state index contributed by atoms with van der Waals surface area (Å²) in [6.45, 7) is 0.503. The van der Waals surface area contributed by atoms with Crippen molar-refractivity contribution in [3.05, 3.63) is 35.9 Å². The molecule has 122 valence electrons. The lowest BCUT2D eigenvalue weighted by atomic mass is 10.2. The monoisotopic (exact) mass is 337 g/mol. The van der Waals surface area contributed by atoms with Gasteiger partial charge >= 0.3 is 12.1 Å². The fourth-order valence-corrected chi connectivity index (χ4v) is 2.38. The van der Waals surface area contributed by atoms with Gasteiger partial charge in [0.15, 0.2) is 0 Å². The maximum Gasteiger partial charge on any atom is 0.416 e. The predicted octanol–water partition coefficient (Wildman–Crippen LogP) is 1.28. The minimum atomic E-state index is -4.21. The zero-order valence-electron chi connectivity index (χ0n) is 11.6. The van der Waals surface area contributed by atoms with Crippen molar-refractivity contribution in [2.45, 2.75) is 18.6 Å². The number of ether oxygens (including phenoxy) is 1. The minimum Gasteiger partial charge on any atom is -0.468 e. The van der Waals surface area contributed by atoms with Crippen LogP contribution in [0.25, 0.3) is 0 Å². The molecule has 1 aliphatic rings. The molecule has 1 aliphatic heterocycles. The van der Waals surface area contributed by atoms with Crippen LogP contribution in [0.2, 0.25) is 0 Å². The minimum absolute atomic E-state index is 0.182. The smallest absolute Gasteiger partial charge is 0.416 e. The molecule has 0 bridgehead atoms. The Kier molecular flexibility index (Phi) is 6.57. The molecule has 0 amide bonds. The molecule has 22 heavy (non-hydrogen) atoms. The molecule has 1 aromatic rings. The van der Waals surface area contributed by atoms with Gasteiger partial charge in [0.1, 0.15) is 6.04 Å². The first kappa shape index (κ1) is 18.2. The molecule has 1 aromatic carbocycles. The van der Waals surface area contributed by atoms with Crippen molar-refractivity contribution < 1.29 is 31.1 Å². The summed E-state index contributed by atoms with van der Waals surface area (Å²) in [5.74, 6) is -0.549. The number of alkyl halides is 3. The Morgan fingerprint density at radius 3 is 2.27 bits per heavy atom. The van der Waals surface area contributed by atoms with Gasteiger partial charge in [-0.15, -0.1) is 0 Å². The number of esters is 1. The zero-order valence-corrected chi connectivity index (χ0v) is 12.4. The zero-order chi connectivity index (χ0) is 16.8. The van der Waals surface area contributed by atoms with E-state index >= 15 is 0 Å². The molecule has 0 radical (unpaired) electrons. The van der Waals surface area contributed by atoms with Gasteiger partial charge in [0, 0.05) is 6.54 Å². The number of carbonyl (C=O) groups is 1. The van der Waals surface area contributed by atoms with Crippen molar-refractivity contribution >= 4 is 21.1 Å². The van der Waals surface area contributed by atoms with E-state index in [4.69, 9.17) is 0 Å². The summed E-state index contributed by atoms with van der Waals surface area (Å²) in [6.07, 6.45) is -3.82. The van der Waals surface area contributed by atoms with Gasteiger partial charge in [0.2, 0.25) is 10.3 Å². The quantitative estimate of drug-likeness (QED) is 0.617. The lowest BCUT2D eigenvalue weighted by Gasteiger charge is -2.05. The molecule has 5 nitrogen and oxygen atoms in total. The summed E-state index contributed by atoms with van der Waals surface area (Å²) < 4.78 is 60.9. The second kappa shape index (κ2) is 7.95. The normalized spacial score (nSPS) is 17.5. The predicted molar refractivity (Wildman–Crippen MR) is 73.8 cm³/mol. The number of hydrogen-bond acceptors (Lipinski definition) is 5. The molecule has 1 atom stereocenters. The lowest BCUT2D eigenvalue weighted by molar-refractivity contribution is -0.141. The number of methoxy groups -OCH3 is 1. The number of hydrogen-bond donors (Lipinski definition) is 1. The first-order chi connectivity index (χ1) is 10.3. The van der Waals surface area contributed by atoms with E-state index in [-0.39, 0.29) is 4.86 Å². The van der Waals surface area contributed by atoms with E-state index in [2.05, 4.69) is 10.1 Å². The summed E-state index contributed by atoms with van der Waals surface area (Å²) in [5.41, 5.74) is -0.602. The highest BCUT2D eigenvalue weighted by Gasteiger charge is 2.30. The average Bonchev–Trinajstić information content (AvgIpc) is 2.97. The Labute approximate surface area is 126 Å². The van der Waals surface area contributed by atoms with Crippen molar-refractivity contribution in [1.29, 1.82) is 0 Å². The van der Waals surface area contributed by atoms with Crippen LogP contribution in [-0.2, 0) is 26.0 Å². The maximum absolute atomic E-state index is 11.8. The van der Waals surface area contributed by atoms with Gasteiger partial charge in [-0.2, -0.15) is 21.6 Å². The van der Waals surface area contributed by atoms with E-state index in [0.717, 1.165) is 12.1 Å². The lowest BCUT2D eigenvalue weighted by Crippen LogP contribution is -2.37. The van der Waals surface area contributed by atoms with Crippen molar-refractivity contribution in [2.75, 3.05) is 13.7 Å². The molecule has 9 heteroatoms. The fourth-order valence-electron chi connectivity index (χ4n) is 1.74. The van der Waals surface area contributed by atoms with E-state index < -0.39 is 34.0 Å². The van der Waals surface area contributed by atoms with E-state index in [0.29, 0.717) is 13.0 Å². The van der Waals surface area contributed by atoms with Crippen LogP contribution in [0.1, 0.15) is 12.0 Å². The molecule has 0 aliphatic carbocycles. The van der Waals surface area contributed by atoms with E-state index in [1.165, 1.54) is 19.2 Å². The van der Waals surface area contributed by atoms with Gasteiger partial charge in [-0.1, -0.05) is 30.3 Å². The van der Waals surface area contributed by atoms with Crippen LogP contribution in [0, 0.1) is 0 Å².